The molecule has 2 aliphatic rings. The SMILES string of the molecule is Cc1cccc2[nH]c(C3CCCC(NC(=O)c4ccc5c(c4)OCCO5)C3)nc12.Cl. The number of nitrogens with one attached hydrogen (secondary N) is 2. The number of halogens is 1. The summed E-state index contributed by atoms with van der Waals surface area (Å²) >= 11 is 0. The van der Waals surface area contributed by atoms with Crippen molar-refractivity contribution in [2.45, 2.75) is 44.6 Å². The van der Waals surface area contributed by atoms with Crippen molar-refractivity contribution in [1.29, 1.82) is 0 Å². The molecule has 0 spiro atoms. The van der Waals surface area contributed by atoms with E-state index >= 15 is 0 Å². The van der Waals surface area contributed by atoms with E-state index in [4.69, 9.17) is 14.5 Å². The molecule has 2 unspecified atom stereocenters. The number of H-pyrrole nitrogens is 1. The number of hydrogen-bond donors (Lipinski definition) is 2. The van der Waals surface area contributed by atoms with Gasteiger partial charge in [0.2, 0.25) is 0 Å². The van der Waals surface area contributed by atoms with E-state index in [2.05, 4.69) is 35.4 Å². The van der Waals surface area contributed by atoms with Gasteiger partial charge in [0.25, 0.3) is 5.91 Å². The van der Waals surface area contributed by atoms with Gasteiger partial charge in [0.1, 0.15) is 19.0 Å². The van der Waals surface area contributed by atoms with E-state index in [-0.39, 0.29) is 24.4 Å². The minimum absolute atomic E-state index is 0. The van der Waals surface area contributed by atoms with E-state index in [0.717, 1.165) is 42.5 Å². The van der Waals surface area contributed by atoms with E-state index in [1.807, 2.05) is 6.07 Å². The lowest BCUT2D eigenvalue weighted by Gasteiger charge is -2.29. The molecule has 2 heterocycles. The third-order valence-corrected chi connectivity index (χ3v) is 5.93. The van der Waals surface area contributed by atoms with Gasteiger partial charge in [-0.2, -0.15) is 0 Å². The van der Waals surface area contributed by atoms with Gasteiger partial charge < -0.3 is 19.8 Å². The lowest BCUT2D eigenvalue weighted by molar-refractivity contribution is 0.0923. The lowest BCUT2D eigenvalue weighted by Crippen LogP contribution is -2.38. The van der Waals surface area contributed by atoms with Crippen LogP contribution in [0.4, 0.5) is 0 Å². The molecule has 1 aromatic heterocycles. The highest BCUT2D eigenvalue weighted by molar-refractivity contribution is 5.95. The van der Waals surface area contributed by atoms with Crippen LogP contribution in [-0.2, 0) is 0 Å². The average molecular weight is 428 g/mol. The molecule has 2 N–H and O–H groups in total. The maximum atomic E-state index is 12.8. The Morgan fingerprint density at radius 3 is 2.80 bits per heavy atom. The zero-order valence-corrected chi connectivity index (χ0v) is 17.8. The maximum absolute atomic E-state index is 12.8. The van der Waals surface area contributed by atoms with Gasteiger partial charge in [-0.25, -0.2) is 4.98 Å². The highest BCUT2D eigenvalue weighted by Gasteiger charge is 2.27. The number of amides is 1. The molecule has 2 aromatic carbocycles. The number of imidazole rings is 1. The molecule has 0 radical (unpaired) electrons. The number of aromatic nitrogens is 2. The number of aromatic amines is 1. The lowest BCUT2D eigenvalue weighted by atomic mass is 9.85. The number of carbonyl (C=O) groups is 1. The number of nitrogens with zero attached hydrogens (tertiary/aromatic N) is 1. The highest BCUT2D eigenvalue weighted by atomic mass is 35.5. The molecular weight excluding hydrogens is 402 g/mol. The Kier molecular flexibility index (Phi) is 5.86. The molecule has 30 heavy (non-hydrogen) atoms. The van der Waals surface area contributed by atoms with Gasteiger partial charge in [-0.3, -0.25) is 4.79 Å². The van der Waals surface area contributed by atoms with Crippen molar-refractivity contribution in [2.24, 2.45) is 0 Å². The molecule has 1 amide bonds. The second-order valence-corrected chi connectivity index (χ2v) is 7.99. The highest BCUT2D eigenvalue weighted by Crippen LogP contribution is 2.34. The van der Waals surface area contributed by atoms with Gasteiger partial charge in [0.15, 0.2) is 11.5 Å². The first kappa shape index (κ1) is 20.5. The number of ether oxygens (including phenoxy) is 2. The van der Waals surface area contributed by atoms with Gasteiger partial charge >= 0.3 is 0 Å². The summed E-state index contributed by atoms with van der Waals surface area (Å²) < 4.78 is 11.1. The molecule has 5 rings (SSSR count). The number of aryl methyl sites for hydroxylation is 1. The van der Waals surface area contributed by atoms with E-state index in [0.29, 0.717) is 36.2 Å². The van der Waals surface area contributed by atoms with Gasteiger partial charge in [0, 0.05) is 17.5 Å². The van der Waals surface area contributed by atoms with Crippen LogP contribution in [0.3, 0.4) is 0 Å². The Hall–Kier alpha value is -2.73. The predicted molar refractivity (Wildman–Crippen MR) is 118 cm³/mol. The van der Waals surface area contributed by atoms with E-state index in [9.17, 15) is 4.79 Å². The summed E-state index contributed by atoms with van der Waals surface area (Å²) in [7, 11) is 0. The number of fused-ring (bicyclic) bond motifs is 2. The summed E-state index contributed by atoms with van der Waals surface area (Å²) in [4.78, 5) is 21.1. The molecule has 1 aliphatic heterocycles. The van der Waals surface area contributed by atoms with Crippen LogP contribution in [-0.4, -0.2) is 35.1 Å². The molecular formula is C23H26ClN3O3. The fourth-order valence-electron chi connectivity index (χ4n) is 4.41. The number of benzene rings is 2. The molecule has 3 aromatic rings. The number of hydrogen-bond acceptors (Lipinski definition) is 4. The molecule has 6 nitrogen and oxygen atoms in total. The van der Waals surface area contributed by atoms with Gasteiger partial charge in [-0.05, 0) is 56.0 Å². The number of carbonyl (C=O) groups excluding carboxylic acids is 1. The zero-order chi connectivity index (χ0) is 19.8. The van der Waals surface area contributed by atoms with Crippen molar-refractivity contribution in [1.82, 2.24) is 15.3 Å². The topological polar surface area (TPSA) is 76.2 Å². The largest absolute Gasteiger partial charge is 0.486 e. The van der Waals surface area contributed by atoms with Crippen molar-refractivity contribution in [2.75, 3.05) is 13.2 Å². The van der Waals surface area contributed by atoms with Crippen LogP contribution in [0.15, 0.2) is 36.4 Å². The van der Waals surface area contributed by atoms with Crippen molar-refractivity contribution in [3.8, 4) is 11.5 Å². The summed E-state index contributed by atoms with van der Waals surface area (Å²) in [6.07, 6.45) is 4.06. The Balaban J connectivity index is 0.00000218. The van der Waals surface area contributed by atoms with Gasteiger partial charge in [0.05, 0.1) is 11.0 Å². The summed E-state index contributed by atoms with van der Waals surface area (Å²) in [5, 5.41) is 3.21. The molecule has 1 saturated carbocycles. The molecule has 7 heteroatoms. The van der Waals surface area contributed by atoms with Gasteiger partial charge in [-0.1, -0.05) is 18.6 Å². The minimum atomic E-state index is -0.0620. The van der Waals surface area contributed by atoms with E-state index in [1.165, 1.54) is 5.56 Å². The van der Waals surface area contributed by atoms with Crippen LogP contribution in [0.25, 0.3) is 11.0 Å². The van der Waals surface area contributed by atoms with Crippen LogP contribution in [0.1, 0.15) is 53.3 Å². The second-order valence-electron chi connectivity index (χ2n) is 7.99. The fourth-order valence-corrected chi connectivity index (χ4v) is 4.41. The smallest absolute Gasteiger partial charge is 0.251 e. The Morgan fingerprint density at radius 1 is 1.13 bits per heavy atom. The van der Waals surface area contributed by atoms with Crippen LogP contribution < -0.4 is 14.8 Å². The summed E-state index contributed by atoms with van der Waals surface area (Å²) in [6, 6.07) is 11.7. The molecule has 158 valence electrons. The number of rotatable bonds is 3. The average Bonchev–Trinajstić information content (AvgIpc) is 3.19. The monoisotopic (exact) mass is 427 g/mol. The Labute approximate surface area is 181 Å². The first-order chi connectivity index (χ1) is 14.2. The first-order valence-electron chi connectivity index (χ1n) is 10.3. The molecule has 1 fully saturated rings. The molecule has 2 atom stereocenters. The third-order valence-electron chi connectivity index (χ3n) is 5.93. The summed E-state index contributed by atoms with van der Waals surface area (Å²) in [5.41, 5.74) is 3.92. The predicted octanol–water partition coefficient (Wildman–Crippen LogP) is 4.52. The third kappa shape index (κ3) is 3.97. The maximum Gasteiger partial charge on any atom is 0.251 e. The van der Waals surface area contributed by atoms with Crippen molar-refractivity contribution in [3.05, 3.63) is 53.3 Å². The standard InChI is InChI=1S/C23H25N3O3.ClH/c1-14-4-2-7-18-21(14)26-22(25-18)15-5-3-6-17(12-15)24-23(27)16-8-9-19-20(13-16)29-11-10-28-19;/h2,4,7-9,13,15,17H,3,5-6,10-12H2,1H3,(H,24,27)(H,25,26);1H. The van der Waals surface area contributed by atoms with E-state index < -0.39 is 0 Å². The molecule has 0 bridgehead atoms. The second kappa shape index (κ2) is 8.56. The van der Waals surface area contributed by atoms with Crippen LogP contribution in [0, 0.1) is 6.92 Å². The van der Waals surface area contributed by atoms with E-state index in [1.54, 1.807) is 12.1 Å². The zero-order valence-electron chi connectivity index (χ0n) is 16.9. The molecule has 1 aliphatic carbocycles. The first-order valence-corrected chi connectivity index (χ1v) is 10.3. The van der Waals surface area contributed by atoms with Crippen LogP contribution in [0.2, 0.25) is 0 Å². The summed E-state index contributed by atoms with van der Waals surface area (Å²) in [5.74, 6) is 2.65. The summed E-state index contributed by atoms with van der Waals surface area (Å²) in [6.45, 7) is 3.15. The quantitative estimate of drug-likeness (QED) is 0.644. The molecule has 0 saturated heterocycles. The normalized spacial score (nSPS) is 20.4. The number of para-hydroxylation sites is 1. The van der Waals surface area contributed by atoms with Crippen LogP contribution in [0.5, 0.6) is 11.5 Å². The van der Waals surface area contributed by atoms with Gasteiger partial charge in [-0.15, -0.1) is 12.4 Å². The van der Waals surface area contributed by atoms with Crippen molar-refractivity contribution >= 4 is 29.3 Å². The van der Waals surface area contributed by atoms with Crippen molar-refractivity contribution < 1.29 is 14.3 Å². The Morgan fingerprint density at radius 2 is 1.97 bits per heavy atom. The fraction of sp³-hybridized carbons (Fsp3) is 0.391. The van der Waals surface area contributed by atoms with Crippen molar-refractivity contribution in [3.63, 3.8) is 0 Å². The minimum Gasteiger partial charge on any atom is -0.486 e. The Bertz CT molecular complexity index is 1070. The van der Waals surface area contributed by atoms with Crippen LogP contribution >= 0.6 is 12.4 Å².